The van der Waals surface area contributed by atoms with Gasteiger partial charge in [0.1, 0.15) is 18.8 Å². The molecule has 206 valence electrons. The summed E-state index contributed by atoms with van der Waals surface area (Å²) < 4.78 is 23.2. The zero-order chi connectivity index (χ0) is 26.9. The van der Waals surface area contributed by atoms with Gasteiger partial charge in [-0.2, -0.15) is 0 Å². The van der Waals surface area contributed by atoms with Gasteiger partial charge in [-0.1, -0.05) is 0 Å². The van der Waals surface area contributed by atoms with Gasteiger partial charge < -0.3 is 44.5 Å². The molecular formula is C25H35IN2O9. The first-order valence-corrected chi connectivity index (χ1v) is 13.2. The van der Waals surface area contributed by atoms with Crippen LogP contribution in [-0.4, -0.2) is 104 Å². The van der Waals surface area contributed by atoms with E-state index >= 15 is 0 Å². The van der Waals surface area contributed by atoms with Crippen molar-refractivity contribution in [2.45, 2.75) is 50.2 Å². The van der Waals surface area contributed by atoms with Gasteiger partial charge in [0.05, 0.1) is 36.0 Å². The molecule has 0 spiro atoms. The molecule has 0 bridgehead atoms. The maximum absolute atomic E-state index is 13.1. The second-order valence-electron chi connectivity index (χ2n) is 8.90. The molecule has 3 rings (SSSR count). The van der Waals surface area contributed by atoms with Crippen LogP contribution >= 0.6 is 22.6 Å². The van der Waals surface area contributed by atoms with Crippen LogP contribution in [0.15, 0.2) is 23.8 Å². The molecule has 12 heteroatoms. The van der Waals surface area contributed by atoms with E-state index < -0.39 is 24.2 Å². The van der Waals surface area contributed by atoms with E-state index in [9.17, 15) is 19.8 Å². The fourth-order valence-corrected chi connectivity index (χ4v) is 5.32. The van der Waals surface area contributed by atoms with Crippen molar-refractivity contribution < 1.29 is 43.9 Å². The van der Waals surface area contributed by atoms with Crippen molar-refractivity contribution in [3.8, 4) is 11.5 Å². The Bertz CT molecular complexity index is 968. The number of hydrogen-bond donors (Lipinski definition) is 4. The van der Waals surface area contributed by atoms with Crippen LogP contribution in [0.3, 0.4) is 0 Å². The van der Waals surface area contributed by atoms with Crippen LogP contribution in [-0.2, 0) is 25.7 Å². The lowest BCUT2D eigenvalue weighted by atomic mass is 9.88. The number of aliphatic hydroxyl groups excluding tert-OH is 3. The number of aliphatic hydroxyl groups is 3. The average Bonchev–Trinajstić information content (AvgIpc) is 3.41. The normalized spacial score (nSPS) is 23.4. The fourth-order valence-electron chi connectivity index (χ4n) is 4.53. The Morgan fingerprint density at radius 1 is 1.27 bits per heavy atom. The number of hydrogen-bond acceptors (Lipinski definition) is 9. The summed E-state index contributed by atoms with van der Waals surface area (Å²) in [5.74, 6) is -0.0627. The van der Waals surface area contributed by atoms with Crippen molar-refractivity contribution in [1.82, 2.24) is 10.2 Å². The van der Waals surface area contributed by atoms with Crippen LogP contribution in [0.4, 0.5) is 0 Å². The summed E-state index contributed by atoms with van der Waals surface area (Å²) in [6.07, 6.45) is 0.912. The monoisotopic (exact) mass is 634 g/mol. The quantitative estimate of drug-likeness (QED) is 0.240. The molecular weight excluding hydrogens is 599 g/mol. The SMILES string of the molecule is COCC(=O)N(CC1CCCO1)C1CC(C(=O)NCCO)=CC(Oc2c(I)cc(CO)cc2OC)C1O. The van der Waals surface area contributed by atoms with Crippen molar-refractivity contribution in [2.75, 3.05) is 47.1 Å². The van der Waals surface area contributed by atoms with Crippen LogP contribution < -0.4 is 14.8 Å². The third-order valence-electron chi connectivity index (χ3n) is 6.35. The lowest BCUT2D eigenvalue weighted by Crippen LogP contribution is -2.57. The van der Waals surface area contributed by atoms with Crippen LogP contribution in [0.1, 0.15) is 24.8 Å². The summed E-state index contributed by atoms with van der Waals surface area (Å²) in [6, 6.07) is 2.57. The molecule has 1 aromatic rings. The van der Waals surface area contributed by atoms with Gasteiger partial charge in [0.25, 0.3) is 0 Å². The summed E-state index contributed by atoms with van der Waals surface area (Å²) in [7, 11) is 2.89. The van der Waals surface area contributed by atoms with E-state index in [0.717, 1.165) is 12.8 Å². The van der Waals surface area contributed by atoms with Crippen molar-refractivity contribution >= 4 is 34.4 Å². The Balaban J connectivity index is 1.98. The number of carbonyl (C=O) groups excluding carboxylic acids is 2. The Morgan fingerprint density at radius 2 is 2.05 bits per heavy atom. The average molecular weight is 634 g/mol. The highest BCUT2D eigenvalue weighted by molar-refractivity contribution is 14.1. The van der Waals surface area contributed by atoms with Gasteiger partial charge in [0.2, 0.25) is 11.8 Å². The molecule has 1 aliphatic heterocycles. The predicted molar refractivity (Wildman–Crippen MR) is 141 cm³/mol. The van der Waals surface area contributed by atoms with Gasteiger partial charge in [-0.25, -0.2) is 0 Å². The second-order valence-corrected chi connectivity index (χ2v) is 10.1. The molecule has 2 aliphatic rings. The maximum Gasteiger partial charge on any atom is 0.248 e. The van der Waals surface area contributed by atoms with E-state index in [2.05, 4.69) is 5.32 Å². The van der Waals surface area contributed by atoms with Crippen LogP contribution in [0.2, 0.25) is 0 Å². The first kappa shape index (κ1) is 29.6. The molecule has 1 aromatic carbocycles. The van der Waals surface area contributed by atoms with Gasteiger partial charge in [-0.15, -0.1) is 0 Å². The second kappa shape index (κ2) is 14.3. The third kappa shape index (κ3) is 7.54. The highest BCUT2D eigenvalue weighted by Crippen LogP contribution is 2.37. The van der Waals surface area contributed by atoms with Crippen LogP contribution in [0.25, 0.3) is 0 Å². The lowest BCUT2D eigenvalue weighted by Gasteiger charge is -2.41. The molecule has 0 aromatic heterocycles. The van der Waals surface area contributed by atoms with E-state index in [1.54, 1.807) is 12.1 Å². The highest BCUT2D eigenvalue weighted by Gasteiger charge is 2.42. The molecule has 4 atom stereocenters. The molecule has 0 saturated carbocycles. The zero-order valence-electron chi connectivity index (χ0n) is 21.0. The van der Waals surface area contributed by atoms with E-state index in [1.165, 1.54) is 25.2 Å². The smallest absolute Gasteiger partial charge is 0.248 e. The molecule has 0 radical (unpaired) electrons. The molecule has 4 N–H and O–H groups in total. The minimum Gasteiger partial charge on any atom is -0.493 e. The predicted octanol–water partition coefficient (Wildman–Crippen LogP) is 0.362. The number of nitrogens with one attached hydrogen (secondary N) is 1. The highest BCUT2D eigenvalue weighted by atomic mass is 127. The minimum atomic E-state index is -1.19. The van der Waals surface area contributed by atoms with Crippen molar-refractivity contribution in [3.63, 3.8) is 0 Å². The third-order valence-corrected chi connectivity index (χ3v) is 7.15. The molecule has 1 aliphatic carbocycles. The van der Waals surface area contributed by atoms with E-state index in [-0.39, 0.29) is 51.3 Å². The number of methoxy groups -OCH3 is 2. The largest absolute Gasteiger partial charge is 0.493 e. The Labute approximate surface area is 229 Å². The van der Waals surface area contributed by atoms with Crippen molar-refractivity contribution in [3.05, 3.63) is 32.9 Å². The molecule has 37 heavy (non-hydrogen) atoms. The molecule has 2 amide bonds. The van der Waals surface area contributed by atoms with Gasteiger partial charge in [-0.05, 0) is 59.2 Å². The summed E-state index contributed by atoms with van der Waals surface area (Å²) >= 11 is 2.05. The molecule has 1 heterocycles. The summed E-state index contributed by atoms with van der Waals surface area (Å²) in [5, 5.41) is 32.8. The van der Waals surface area contributed by atoms with Gasteiger partial charge >= 0.3 is 0 Å². The van der Waals surface area contributed by atoms with Crippen LogP contribution in [0, 0.1) is 3.57 Å². The maximum atomic E-state index is 13.1. The minimum absolute atomic E-state index is 0.0610. The standard InChI is InChI=1S/C25H35IN2O9/c1-34-14-22(31)28(12-17-4-3-7-36-17)19-10-16(25(33)27-5-6-29)11-20(23(19)32)37-24-18(26)8-15(13-30)9-21(24)35-2/h8-9,11,17,19-20,23,29-30,32H,3-7,10,12-14H2,1-2H3,(H,27,33). The summed E-state index contributed by atoms with van der Waals surface area (Å²) in [5.41, 5.74) is 0.945. The number of nitrogens with zero attached hydrogens (tertiary/aromatic N) is 1. The van der Waals surface area contributed by atoms with E-state index in [1.807, 2.05) is 22.6 Å². The molecule has 11 nitrogen and oxygen atoms in total. The van der Waals surface area contributed by atoms with Gasteiger partial charge in [0, 0.05) is 38.8 Å². The summed E-state index contributed by atoms with van der Waals surface area (Å²) in [4.78, 5) is 27.5. The number of amides is 2. The van der Waals surface area contributed by atoms with Crippen molar-refractivity contribution in [1.29, 1.82) is 0 Å². The number of carbonyl (C=O) groups is 2. The zero-order valence-corrected chi connectivity index (χ0v) is 23.2. The number of benzene rings is 1. The van der Waals surface area contributed by atoms with Crippen molar-refractivity contribution in [2.24, 2.45) is 0 Å². The first-order chi connectivity index (χ1) is 17.8. The van der Waals surface area contributed by atoms with Gasteiger partial charge in [-0.3, -0.25) is 9.59 Å². The van der Waals surface area contributed by atoms with E-state index in [4.69, 9.17) is 24.1 Å². The summed E-state index contributed by atoms with van der Waals surface area (Å²) in [6.45, 7) is 0.308. The number of halogens is 1. The Hall–Kier alpha value is -1.97. The fraction of sp³-hybridized carbons (Fsp3) is 0.600. The van der Waals surface area contributed by atoms with Crippen LogP contribution in [0.5, 0.6) is 11.5 Å². The first-order valence-electron chi connectivity index (χ1n) is 12.1. The van der Waals surface area contributed by atoms with E-state index in [0.29, 0.717) is 32.8 Å². The molecule has 1 fully saturated rings. The number of rotatable bonds is 12. The number of ether oxygens (including phenoxy) is 4. The molecule has 4 unspecified atom stereocenters. The topological polar surface area (TPSA) is 147 Å². The molecule has 1 saturated heterocycles. The van der Waals surface area contributed by atoms with Gasteiger partial charge in [0.15, 0.2) is 11.5 Å². The Kier molecular flexibility index (Phi) is 11.4. The Morgan fingerprint density at radius 3 is 2.68 bits per heavy atom. The lowest BCUT2D eigenvalue weighted by molar-refractivity contribution is -0.144.